The van der Waals surface area contributed by atoms with Crippen molar-refractivity contribution in [2.45, 2.75) is 20.1 Å². The van der Waals surface area contributed by atoms with Gasteiger partial charge in [-0.05, 0) is 49.4 Å². The van der Waals surface area contributed by atoms with Gasteiger partial charge in [0.2, 0.25) is 0 Å². The number of nitrogens with zero attached hydrogens (tertiary/aromatic N) is 1. The van der Waals surface area contributed by atoms with Crippen LogP contribution in [0.15, 0.2) is 48.5 Å². The van der Waals surface area contributed by atoms with Crippen LogP contribution in [0, 0.1) is 0 Å². The summed E-state index contributed by atoms with van der Waals surface area (Å²) in [4.78, 5) is 0. The molecule has 2 N–H and O–H groups in total. The van der Waals surface area contributed by atoms with Gasteiger partial charge in [-0.15, -0.1) is 0 Å². The van der Waals surface area contributed by atoms with E-state index in [0.29, 0.717) is 12.4 Å². The van der Waals surface area contributed by atoms with Crippen molar-refractivity contribution in [3.8, 4) is 17.2 Å². The molecule has 0 unspecified atom stereocenters. The number of phenols is 2. The molecule has 108 valence electrons. The number of benzene rings is 2. The van der Waals surface area contributed by atoms with E-state index in [1.165, 1.54) is 0 Å². The molecule has 0 radical (unpaired) electrons. The predicted molar refractivity (Wildman–Crippen MR) is 81.7 cm³/mol. The number of aryl methyl sites for hydroxylation is 1. The molecule has 0 aliphatic heterocycles. The Labute approximate surface area is 122 Å². The minimum absolute atomic E-state index is 0.218. The Kier molecular flexibility index (Phi) is 3.44. The SMILES string of the molecule is CCn1c(COc2ccc(O)cc2)cc2c(O)cccc21. The van der Waals surface area contributed by atoms with E-state index < -0.39 is 0 Å². The molecular formula is C17H17NO3. The van der Waals surface area contributed by atoms with E-state index in [0.717, 1.165) is 23.1 Å². The molecule has 21 heavy (non-hydrogen) atoms. The molecule has 0 fully saturated rings. The van der Waals surface area contributed by atoms with E-state index in [-0.39, 0.29) is 11.5 Å². The first-order valence-corrected chi connectivity index (χ1v) is 6.91. The fourth-order valence-electron chi connectivity index (χ4n) is 2.52. The number of phenolic OH excluding ortho intramolecular Hbond substituents is 2. The van der Waals surface area contributed by atoms with Gasteiger partial charge in [-0.25, -0.2) is 0 Å². The zero-order valence-corrected chi connectivity index (χ0v) is 11.8. The van der Waals surface area contributed by atoms with Crippen LogP contribution in [0.5, 0.6) is 17.2 Å². The van der Waals surface area contributed by atoms with Crippen molar-refractivity contribution in [3.63, 3.8) is 0 Å². The second-order valence-electron chi connectivity index (χ2n) is 4.87. The minimum Gasteiger partial charge on any atom is -0.508 e. The molecule has 0 bridgehead atoms. The zero-order valence-electron chi connectivity index (χ0n) is 11.8. The van der Waals surface area contributed by atoms with Gasteiger partial charge in [-0.2, -0.15) is 0 Å². The monoisotopic (exact) mass is 283 g/mol. The first kappa shape index (κ1) is 13.4. The van der Waals surface area contributed by atoms with Crippen molar-refractivity contribution in [2.75, 3.05) is 0 Å². The largest absolute Gasteiger partial charge is 0.508 e. The summed E-state index contributed by atoms with van der Waals surface area (Å²) in [5, 5.41) is 20.0. The fraction of sp³-hybridized carbons (Fsp3) is 0.176. The number of aromatic nitrogens is 1. The lowest BCUT2D eigenvalue weighted by Crippen LogP contribution is -2.04. The lowest BCUT2D eigenvalue weighted by Gasteiger charge is -2.10. The number of fused-ring (bicyclic) bond motifs is 1. The predicted octanol–water partition coefficient (Wildman–Crippen LogP) is 3.65. The van der Waals surface area contributed by atoms with Crippen molar-refractivity contribution in [1.82, 2.24) is 4.57 Å². The smallest absolute Gasteiger partial charge is 0.128 e. The molecule has 4 heteroatoms. The molecule has 1 heterocycles. The van der Waals surface area contributed by atoms with Gasteiger partial charge in [-0.3, -0.25) is 0 Å². The summed E-state index contributed by atoms with van der Waals surface area (Å²) in [6.07, 6.45) is 0. The average Bonchev–Trinajstić information content (AvgIpc) is 2.86. The van der Waals surface area contributed by atoms with Crippen LogP contribution in [-0.2, 0) is 13.2 Å². The van der Waals surface area contributed by atoms with E-state index >= 15 is 0 Å². The van der Waals surface area contributed by atoms with Crippen LogP contribution in [0.3, 0.4) is 0 Å². The van der Waals surface area contributed by atoms with E-state index in [4.69, 9.17) is 4.74 Å². The second kappa shape index (κ2) is 5.40. The van der Waals surface area contributed by atoms with E-state index in [1.54, 1.807) is 30.3 Å². The standard InChI is InChI=1S/C17H17NO3/c1-2-18-12(10-15-16(18)4-3-5-17(15)20)11-21-14-8-6-13(19)7-9-14/h3-10,19-20H,2,11H2,1H3. The van der Waals surface area contributed by atoms with Gasteiger partial charge < -0.3 is 19.5 Å². The molecule has 0 saturated heterocycles. The summed E-state index contributed by atoms with van der Waals surface area (Å²) >= 11 is 0. The summed E-state index contributed by atoms with van der Waals surface area (Å²) in [6, 6.07) is 14.1. The van der Waals surface area contributed by atoms with Crippen molar-refractivity contribution in [3.05, 3.63) is 54.2 Å². The van der Waals surface area contributed by atoms with Crippen LogP contribution in [0.25, 0.3) is 10.9 Å². The highest BCUT2D eigenvalue weighted by Crippen LogP contribution is 2.28. The molecule has 3 aromatic rings. The molecule has 0 aliphatic carbocycles. The summed E-state index contributed by atoms with van der Waals surface area (Å²) in [5.74, 6) is 1.20. The van der Waals surface area contributed by atoms with Crippen molar-refractivity contribution in [2.24, 2.45) is 0 Å². The van der Waals surface area contributed by atoms with Gasteiger partial charge in [0, 0.05) is 11.9 Å². The van der Waals surface area contributed by atoms with Gasteiger partial charge in [0.25, 0.3) is 0 Å². The Morgan fingerprint density at radius 2 is 1.81 bits per heavy atom. The molecule has 1 aromatic heterocycles. The van der Waals surface area contributed by atoms with Crippen LogP contribution >= 0.6 is 0 Å². The molecule has 0 atom stereocenters. The first-order chi connectivity index (χ1) is 10.2. The maximum atomic E-state index is 9.94. The van der Waals surface area contributed by atoms with Crippen molar-refractivity contribution >= 4 is 10.9 Å². The maximum Gasteiger partial charge on any atom is 0.128 e. The highest BCUT2D eigenvalue weighted by molar-refractivity contribution is 5.87. The molecule has 0 aliphatic rings. The Morgan fingerprint density at radius 3 is 2.52 bits per heavy atom. The second-order valence-corrected chi connectivity index (χ2v) is 4.87. The van der Waals surface area contributed by atoms with Gasteiger partial charge >= 0.3 is 0 Å². The lowest BCUT2D eigenvalue weighted by atomic mass is 10.2. The number of aromatic hydroxyl groups is 2. The fourth-order valence-corrected chi connectivity index (χ4v) is 2.52. The van der Waals surface area contributed by atoms with Crippen molar-refractivity contribution < 1.29 is 14.9 Å². The topological polar surface area (TPSA) is 54.6 Å². The van der Waals surface area contributed by atoms with Gasteiger partial charge in [0.15, 0.2) is 0 Å². The van der Waals surface area contributed by atoms with Crippen LogP contribution < -0.4 is 4.74 Å². The summed E-state index contributed by atoms with van der Waals surface area (Å²) < 4.78 is 7.87. The third-order valence-electron chi connectivity index (χ3n) is 3.55. The Morgan fingerprint density at radius 1 is 1.05 bits per heavy atom. The quantitative estimate of drug-likeness (QED) is 0.768. The maximum absolute atomic E-state index is 9.94. The first-order valence-electron chi connectivity index (χ1n) is 6.91. The highest BCUT2D eigenvalue weighted by atomic mass is 16.5. The molecule has 0 amide bonds. The van der Waals surface area contributed by atoms with Crippen LogP contribution in [-0.4, -0.2) is 14.8 Å². The van der Waals surface area contributed by atoms with Crippen LogP contribution in [0.1, 0.15) is 12.6 Å². The average molecular weight is 283 g/mol. The number of hydrogen-bond donors (Lipinski definition) is 2. The number of ether oxygens (including phenoxy) is 1. The molecule has 0 saturated carbocycles. The summed E-state index contributed by atoms with van der Waals surface area (Å²) in [6.45, 7) is 3.28. The minimum atomic E-state index is 0.218. The van der Waals surface area contributed by atoms with E-state index in [1.807, 2.05) is 18.2 Å². The van der Waals surface area contributed by atoms with Crippen LogP contribution in [0.2, 0.25) is 0 Å². The van der Waals surface area contributed by atoms with Gasteiger partial charge in [0.05, 0.1) is 11.2 Å². The summed E-state index contributed by atoms with van der Waals surface area (Å²) in [5.41, 5.74) is 2.00. The lowest BCUT2D eigenvalue weighted by molar-refractivity contribution is 0.295. The third kappa shape index (κ3) is 2.52. The Bertz CT molecular complexity index is 760. The highest BCUT2D eigenvalue weighted by Gasteiger charge is 2.10. The van der Waals surface area contributed by atoms with Gasteiger partial charge in [-0.1, -0.05) is 6.07 Å². The number of rotatable bonds is 4. The molecule has 0 spiro atoms. The normalized spacial score (nSPS) is 10.9. The van der Waals surface area contributed by atoms with Crippen LogP contribution in [0.4, 0.5) is 0 Å². The van der Waals surface area contributed by atoms with E-state index in [9.17, 15) is 10.2 Å². The molecule has 3 rings (SSSR count). The zero-order chi connectivity index (χ0) is 14.8. The molecular weight excluding hydrogens is 266 g/mol. The van der Waals surface area contributed by atoms with Crippen molar-refractivity contribution in [1.29, 1.82) is 0 Å². The third-order valence-corrected chi connectivity index (χ3v) is 3.55. The Balaban J connectivity index is 1.89. The molecule has 4 nitrogen and oxygen atoms in total. The van der Waals surface area contributed by atoms with Gasteiger partial charge in [0.1, 0.15) is 23.9 Å². The molecule has 2 aromatic carbocycles. The van der Waals surface area contributed by atoms with E-state index in [2.05, 4.69) is 11.5 Å². The summed E-state index contributed by atoms with van der Waals surface area (Å²) in [7, 11) is 0. The number of hydrogen-bond acceptors (Lipinski definition) is 3. The Hall–Kier alpha value is -2.62.